The Labute approximate surface area is 196 Å². The zero-order chi connectivity index (χ0) is 23.2. The molecule has 0 amide bonds. The van der Waals surface area contributed by atoms with Gasteiger partial charge in [-0.2, -0.15) is 8.42 Å². The summed E-state index contributed by atoms with van der Waals surface area (Å²) in [4.78, 5) is 0.127. The summed E-state index contributed by atoms with van der Waals surface area (Å²) < 4.78 is 34.7. The van der Waals surface area contributed by atoms with E-state index >= 15 is 0 Å². The topological polar surface area (TPSA) is 54.4 Å². The van der Waals surface area contributed by atoms with Crippen molar-refractivity contribution in [1.29, 1.82) is 0 Å². The average Bonchev–Trinajstić information content (AvgIpc) is 2.76. The van der Waals surface area contributed by atoms with Gasteiger partial charge in [0.15, 0.2) is 0 Å². The zero-order valence-electron chi connectivity index (χ0n) is 20.4. The molecule has 0 aliphatic rings. The lowest BCUT2D eigenvalue weighted by molar-refractivity contribution is 0.482. The fraction of sp³-hybridized carbons (Fsp3) is 0.643. The number of fused-ring (bicyclic) bond motifs is 1. The molecule has 0 atom stereocenters. The van der Waals surface area contributed by atoms with Gasteiger partial charge in [-0.25, -0.2) is 0 Å². The lowest BCUT2D eigenvalue weighted by Gasteiger charge is -2.15. The fourth-order valence-electron chi connectivity index (χ4n) is 4.73. The van der Waals surface area contributed by atoms with E-state index in [9.17, 15) is 13.0 Å². The van der Waals surface area contributed by atoms with E-state index in [1.807, 2.05) is 24.3 Å². The number of unbranched alkanes of at least 4 members (excludes halogenated alkanes) is 12. The van der Waals surface area contributed by atoms with Crippen LogP contribution in [0.1, 0.15) is 115 Å². The van der Waals surface area contributed by atoms with Crippen LogP contribution in [0, 0.1) is 0 Å². The second-order valence-corrected chi connectivity index (χ2v) is 10.6. The lowest BCUT2D eigenvalue weighted by atomic mass is 9.94. The molecule has 4 heteroatoms. The number of benzene rings is 2. The highest BCUT2D eigenvalue weighted by Gasteiger charge is 2.21. The molecule has 2 aromatic rings. The highest BCUT2D eigenvalue weighted by Crippen LogP contribution is 2.32. The summed E-state index contributed by atoms with van der Waals surface area (Å²) in [5, 5.41) is 1.64. The van der Waals surface area contributed by atoms with Crippen LogP contribution in [0.15, 0.2) is 35.2 Å². The molecule has 0 aliphatic heterocycles. The summed E-state index contributed by atoms with van der Waals surface area (Å²) in [5.41, 5.74) is 2.01. The van der Waals surface area contributed by atoms with E-state index in [0.717, 1.165) is 36.6 Å². The van der Waals surface area contributed by atoms with Gasteiger partial charge >= 0.3 is 0 Å². The molecule has 0 heterocycles. The first-order valence-electron chi connectivity index (χ1n) is 13.0. The highest BCUT2D eigenvalue weighted by atomic mass is 32.2. The third-order valence-electron chi connectivity index (χ3n) is 6.52. The third-order valence-corrected chi connectivity index (χ3v) is 7.51. The largest absolute Gasteiger partial charge is 0.295 e. The van der Waals surface area contributed by atoms with Crippen molar-refractivity contribution in [2.75, 3.05) is 0 Å². The Morgan fingerprint density at radius 2 is 1.06 bits per heavy atom. The zero-order valence-corrected chi connectivity index (χ0v) is 21.2. The first-order chi connectivity index (χ1) is 15.5. The average molecular weight is 461 g/mol. The van der Waals surface area contributed by atoms with Crippen LogP contribution in [0.3, 0.4) is 0 Å². The Morgan fingerprint density at radius 3 is 1.56 bits per heavy atom. The van der Waals surface area contributed by atoms with Gasteiger partial charge in [0.25, 0.3) is 10.1 Å². The predicted molar refractivity (Wildman–Crippen MR) is 137 cm³/mol. The summed E-state index contributed by atoms with van der Waals surface area (Å²) in [7, 11) is -4.27. The summed E-state index contributed by atoms with van der Waals surface area (Å²) in [6.07, 6.45) is 18.8. The number of rotatable bonds is 17. The molecule has 1 N–H and O–H groups in total. The summed E-state index contributed by atoms with van der Waals surface area (Å²) >= 11 is 0. The van der Waals surface area contributed by atoms with Crippen LogP contribution < -0.4 is 0 Å². The van der Waals surface area contributed by atoms with Gasteiger partial charge in [-0.15, -0.1) is 0 Å². The monoisotopic (exact) mass is 460 g/mol. The minimum atomic E-state index is -4.27. The molecule has 0 bridgehead atoms. The Kier molecular flexibility index (Phi) is 12.3. The number of hydrogen-bond donors (Lipinski definition) is 1. The smallest absolute Gasteiger partial charge is 0.282 e. The lowest BCUT2D eigenvalue weighted by Crippen LogP contribution is -2.06. The van der Waals surface area contributed by atoms with Crippen molar-refractivity contribution in [2.24, 2.45) is 0 Å². The van der Waals surface area contributed by atoms with E-state index in [1.165, 1.54) is 76.2 Å². The molecule has 0 saturated heterocycles. The molecular formula is C28H44O3S. The van der Waals surface area contributed by atoms with Crippen molar-refractivity contribution in [3.05, 3.63) is 41.5 Å². The number of hydrogen-bond acceptors (Lipinski definition) is 2. The maximum atomic E-state index is 12.3. The van der Waals surface area contributed by atoms with Crippen molar-refractivity contribution in [3.8, 4) is 0 Å². The summed E-state index contributed by atoms with van der Waals surface area (Å²) in [6.45, 7) is 4.46. The summed E-state index contributed by atoms with van der Waals surface area (Å²) in [5.74, 6) is 0. The van der Waals surface area contributed by atoms with Crippen LogP contribution in [-0.4, -0.2) is 13.0 Å². The van der Waals surface area contributed by atoms with Crippen LogP contribution in [-0.2, 0) is 23.0 Å². The maximum absolute atomic E-state index is 12.3. The Balaban J connectivity index is 2.12. The molecule has 0 radical (unpaired) electrons. The van der Waals surface area contributed by atoms with Crippen LogP contribution in [0.5, 0.6) is 0 Å². The van der Waals surface area contributed by atoms with Crippen LogP contribution in [0.25, 0.3) is 10.8 Å². The fourth-order valence-corrected chi connectivity index (χ4v) is 5.68. The quantitative estimate of drug-likeness (QED) is 0.190. The van der Waals surface area contributed by atoms with Gasteiger partial charge in [0.2, 0.25) is 0 Å². The van der Waals surface area contributed by atoms with Gasteiger partial charge < -0.3 is 0 Å². The normalized spacial score (nSPS) is 12.0. The van der Waals surface area contributed by atoms with Crippen molar-refractivity contribution in [1.82, 2.24) is 0 Å². The van der Waals surface area contributed by atoms with Crippen LogP contribution in [0.4, 0.5) is 0 Å². The minimum Gasteiger partial charge on any atom is -0.282 e. The highest BCUT2D eigenvalue weighted by molar-refractivity contribution is 7.86. The van der Waals surface area contributed by atoms with E-state index < -0.39 is 10.1 Å². The van der Waals surface area contributed by atoms with Crippen LogP contribution in [0.2, 0.25) is 0 Å². The van der Waals surface area contributed by atoms with E-state index in [0.29, 0.717) is 11.8 Å². The molecule has 0 unspecified atom stereocenters. The molecule has 2 aromatic carbocycles. The maximum Gasteiger partial charge on any atom is 0.295 e. The molecule has 0 aliphatic carbocycles. The molecule has 0 aromatic heterocycles. The van der Waals surface area contributed by atoms with Gasteiger partial charge in [0, 0.05) is 5.39 Å². The van der Waals surface area contributed by atoms with Crippen molar-refractivity contribution < 1.29 is 13.0 Å². The van der Waals surface area contributed by atoms with Gasteiger partial charge in [-0.1, -0.05) is 121 Å². The SMILES string of the molecule is CCCCCCCCCc1cc(CCCCCCCCC)c2ccccc2c1S(=O)(=O)O. The minimum absolute atomic E-state index is 0.127. The van der Waals surface area contributed by atoms with E-state index in [1.54, 1.807) is 0 Å². The van der Waals surface area contributed by atoms with Gasteiger partial charge in [0.1, 0.15) is 4.90 Å². The van der Waals surface area contributed by atoms with Crippen LogP contribution >= 0.6 is 0 Å². The molecule has 3 nitrogen and oxygen atoms in total. The van der Waals surface area contributed by atoms with Gasteiger partial charge in [-0.3, -0.25) is 4.55 Å². The predicted octanol–water partition coefficient (Wildman–Crippen LogP) is 8.67. The van der Waals surface area contributed by atoms with Crippen molar-refractivity contribution in [2.45, 2.75) is 121 Å². The molecule has 32 heavy (non-hydrogen) atoms. The van der Waals surface area contributed by atoms with E-state index in [4.69, 9.17) is 0 Å². The van der Waals surface area contributed by atoms with Crippen molar-refractivity contribution >= 4 is 20.9 Å². The molecule has 0 spiro atoms. The first-order valence-corrected chi connectivity index (χ1v) is 14.4. The first kappa shape index (κ1) is 26.9. The van der Waals surface area contributed by atoms with E-state index in [2.05, 4.69) is 19.9 Å². The molecule has 0 saturated carbocycles. The number of aryl methyl sites for hydroxylation is 2. The standard InChI is InChI=1S/C28H44O3S/c1-3-5-7-9-11-13-15-19-24-23-25(20-16-14-12-10-8-6-4-2)28(32(29,30)31)27-22-18-17-21-26(24)27/h17-18,21-23H,3-16,19-20H2,1-2H3,(H,29,30,31). The van der Waals surface area contributed by atoms with E-state index in [-0.39, 0.29) is 4.90 Å². The molecule has 2 rings (SSSR count). The molecule has 0 fully saturated rings. The van der Waals surface area contributed by atoms with Crippen molar-refractivity contribution in [3.63, 3.8) is 0 Å². The Morgan fingerprint density at radius 1 is 0.625 bits per heavy atom. The van der Waals surface area contributed by atoms with Gasteiger partial charge in [0.05, 0.1) is 0 Å². The molecular weight excluding hydrogens is 416 g/mol. The Hall–Kier alpha value is -1.39. The molecule has 180 valence electrons. The summed E-state index contributed by atoms with van der Waals surface area (Å²) in [6, 6.07) is 9.74. The third kappa shape index (κ3) is 8.86. The second kappa shape index (κ2) is 14.7. The second-order valence-electron chi connectivity index (χ2n) is 9.29. The Bertz CT molecular complexity index is 902. The van der Waals surface area contributed by atoms with Gasteiger partial charge in [-0.05, 0) is 42.2 Å².